The average Bonchev–Trinajstić information content (AvgIpc) is 3.06. The maximum absolute atomic E-state index is 12.2. The van der Waals surface area contributed by atoms with E-state index in [1.165, 1.54) is 12.8 Å². The van der Waals surface area contributed by atoms with E-state index in [1.54, 1.807) is 4.90 Å². The summed E-state index contributed by atoms with van der Waals surface area (Å²) in [5.74, 6) is -0.620. The smallest absolute Gasteiger partial charge is 0.311 e. The zero-order valence-electron chi connectivity index (χ0n) is 12.4. The number of carbonyl (C=O) groups excluding carboxylic acids is 1. The van der Waals surface area contributed by atoms with E-state index in [1.807, 2.05) is 6.92 Å². The minimum absolute atomic E-state index is 0.121. The zero-order chi connectivity index (χ0) is 14.6. The van der Waals surface area contributed by atoms with E-state index in [0.29, 0.717) is 32.4 Å². The third kappa shape index (κ3) is 3.32. The molecule has 0 spiro atoms. The van der Waals surface area contributed by atoms with E-state index in [0.717, 1.165) is 26.1 Å². The first-order chi connectivity index (χ1) is 9.57. The van der Waals surface area contributed by atoms with Gasteiger partial charge in [0.05, 0.1) is 5.41 Å². The van der Waals surface area contributed by atoms with Gasteiger partial charge in [-0.2, -0.15) is 0 Å². The van der Waals surface area contributed by atoms with Crippen LogP contribution in [-0.4, -0.2) is 59.5 Å². The molecule has 0 radical (unpaired) electrons. The van der Waals surface area contributed by atoms with Gasteiger partial charge in [0.2, 0.25) is 5.91 Å². The van der Waals surface area contributed by atoms with Crippen LogP contribution in [0.4, 0.5) is 0 Å². The van der Waals surface area contributed by atoms with Gasteiger partial charge in [-0.3, -0.25) is 9.59 Å². The second kappa shape index (κ2) is 6.57. The van der Waals surface area contributed by atoms with Crippen LogP contribution in [0.25, 0.3) is 0 Å². The van der Waals surface area contributed by atoms with Crippen molar-refractivity contribution in [2.24, 2.45) is 5.41 Å². The highest BCUT2D eigenvalue weighted by molar-refractivity contribution is 5.80. The van der Waals surface area contributed by atoms with Gasteiger partial charge >= 0.3 is 5.97 Å². The quantitative estimate of drug-likeness (QED) is 0.803. The molecule has 1 amide bonds. The molecular formula is C15H26N2O3. The predicted molar refractivity (Wildman–Crippen MR) is 76.5 cm³/mol. The average molecular weight is 282 g/mol. The molecule has 1 unspecified atom stereocenters. The van der Waals surface area contributed by atoms with Crippen LogP contribution in [0.1, 0.15) is 45.4 Å². The van der Waals surface area contributed by atoms with Crippen molar-refractivity contribution >= 4 is 11.9 Å². The lowest BCUT2D eigenvalue weighted by Crippen LogP contribution is -2.38. The molecule has 2 aliphatic heterocycles. The molecule has 2 rings (SSSR count). The number of likely N-dealkylation sites (tertiary alicyclic amines) is 2. The molecule has 0 aromatic heterocycles. The molecule has 114 valence electrons. The first-order valence-electron chi connectivity index (χ1n) is 7.81. The van der Waals surface area contributed by atoms with Crippen LogP contribution in [0.2, 0.25) is 0 Å². The summed E-state index contributed by atoms with van der Waals surface area (Å²) in [5, 5.41) is 9.45. The molecule has 0 aromatic carbocycles. The Kier molecular flexibility index (Phi) is 5.02. The molecule has 0 bridgehead atoms. The van der Waals surface area contributed by atoms with E-state index in [4.69, 9.17) is 0 Å². The molecule has 1 atom stereocenters. The number of nitrogens with zero attached hydrogens (tertiary/aromatic N) is 2. The molecule has 1 N–H and O–H groups in total. The van der Waals surface area contributed by atoms with Crippen molar-refractivity contribution in [2.45, 2.75) is 45.4 Å². The maximum atomic E-state index is 12.2. The van der Waals surface area contributed by atoms with E-state index in [2.05, 4.69) is 4.90 Å². The lowest BCUT2D eigenvalue weighted by Gasteiger charge is -2.24. The first-order valence-corrected chi connectivity index (χ1v) is 7.81. The third-order valence-corrected chi connectivity index (χ3v) is 4.73. The summed E-state index contributed by atoms with van der Waals surface area (Å²) in [6.45, 7) is 6.02. The standard InChI is InChI=1S/C15H26N2O3/c1-2-6-15(14(19)20)7-11-17(12-15)13(18)5-10-16-8-3-4-9-16/h2-12H2,1H3,(H,19,20). The number of hydrogen-bond acceptors (Lipinski definition) is 3. The molecule has 5 nitrogen and oxygen atoms in total. The Morgan fingerprint density at radius 3 is 2.50 bits per heavy atom. The molecule has 2 aliphatic rings. The van der Waals surface area contributed by atoms with Gasteiger partial charge < -0.3 is 14.9 Å². The first kappa shape index (κ1) is 15.3. The second-order valence-electron chi connectivity index (χ2n) is 6.20. The number of hydrogen-bond donors (Lipinski definition) is 1. The van der Waals surface area contributed by atoms with Gasteiger partial charge in [-0.05, 0) is 38.8 Å². The topological polar surface area (TPSA) is 60.9 Å². The molecule has 0 aromatic rings. The van der Waals surface area contributed by atoms with Crippen LogP contribution in [0.3, 0.4) is 0 Å². The summed E-state index contributed by atoms with van der Waals surface area (Å²) in [4.78, 5) is 27.8. The highest BCUT2D eigenvalue weighted by atomic mass is 16.4. The zero-order valence-corrected chi connectivity index (χ0v) is 12.4. The fourth-order valence-corrected chi connectivity index (χ4v) is 3.47. The number of carboxylic acids is 1. The fraction of sp³-hybridized carbons (Fsp3) is 0.867. The van der Waals surface area contributed by atoms with E-state index < -0.39 is 11.4 Å². The van der Waals surface area contributed by atoms with Crippen molar-refractivity contribution < 1.29 is 14.7 Å². The number of aliphatic carboxylic acids is 1. The van der Waals surface area contributed by atoms with Crippen molar-refractivity contribution in [3.63, 3.8) is 0 Å². The van der Waals surface area contributed by atoms with Crippen LogP contribution in [0, 0.1) is 5.41 Å². The highest BCUT2D eigenvalue weighted by Gasteiger charge is 2.45. The van der Waals surface area contributed by atoms with Gasteiger partial charge in [-0.25, -0.2) is 0 Å². The molecule has 2 fully saturated rings. The molecule has 2 saturated heterocycles. The Bertz CT molecular complexity index is 366. The van der Waals surface area contributed by atoms with Crippen molar-refractivity contribution in [3.8, 4) is 0 Å². The van der Waals surface area contributed by atoms with Crippen molar-refractivity contribution in [1.29, 1.82) is 0 Å². The molecule has 0 saturated carbocycles. The summed E-state index contributed by atoms with van der Waals surface area (Å²) >= 11 is 0. The molecule has 5 heteroatoms. The summed E-state index contributed by atoms with van der Waals surface area (Å²) in [6, 6.07) is 0. The van der Waals surface area contributed by atoms with Gasteiger partial charge in [0, 0.05) is 26.1 Å². The second-order valence-corrected chi connectivity index (χ2v) is 6.20. The Morgan fingerprint density at radius 2 is 1.90 bits per heavy atom. The van der Waals surface area contributed by atoms with Crippen molar-refractivity contribution in [3.05, 3.63) is 0 Å². The Labute approximate surface area is 120 Å². The normalized spacial score (nSPS) is 27.1. The number of carboxylic acid groups (broad SMARTS) is 1. The monoisotopic (exact) mass is 282 g/mol. The Balaban J connectivity index is 1.84. The Hall–Kier alpha value is -1.10. The largest absolute Gasteiger partial charge is 0.481 e. The van der Waals surface area contributed by atoms with Crippen molar-refractivity contribution in [2.75, 3.05) is 32.7 Å². The molecular weight excluding hydrogens is 256 g/mol. The Morgan fingerprint density at radius 1 is 1.20 bits per heavy atom. The van der Waals surface area contributed by atoms with Gasteiger partial charge in [0.1, 0.15) is 0 Å². The summed E-state index contributed by atoms with van der Waals surface area (Å²) in [7, 11) is 0. The number of rotatable bonds is 6. The van der Waals surface area contributed by atoms with Gasteiger partial charge in [-0.15, -0.1) is 0 Å². The predicted octanol–water partition coefficient (Wildman–Crippen LogP) is 1.58. The lowest BCUT2D eigenvalue weighted by molar-refractivity contribution is -0.149. The fourth-order valence-electron chi connectivity index (χ4n) is 3.47. The summed E-state index contributed by atoms with van der Waals surface area (Å²) < 4.78 is 0. The van der Waals surface area contributed by atoms with Crippen molar-refractivity contribution in [1.82, 2.24) is 9.80 Å². The van der Waals surface area contributed by atoms with Crippen LogP contribution in [-0.2, 0) is 9.59 Å². The lowest BCUT2D eigenvalue weighted by atomic mass is 9.83. The minimum atomic E-state index is -0.741. The molecule has 20 heavy (non-hydrogen) atoms. The third-order valence-electron chi connectivity index (χ3n) is 4.73. The SMILES string of the molecule is CCCC1(C(=O)O)CCN(C(=O)CCN2CCCC2)C1. The van der Waals surface area contributed by atoms with Crippen LogP contribution < -0.4 is 0 Å². The molecule has 0 aliphatic carbocycles. The minimum Gasteiger partial charge on any atom is -0.481 e. The summed E-state index contributed by atoms with van der Waals surface area (Å²) in [5.41, 5.74) is -0.696. The van der Waals surface area contributed by atoms with Crippen LogP contribution >= 0.6 is 0 Å². The van der Waals surface area contributed by atoms with E-state index in [-0.39, 0.29) is 5.91 Å². The number of amides is 1. The number of carbonyl (C=O) groups is 2. The van der Waals surface area contributed by atoms with Crippen LogP contribution in [0.5, 0.6) is 0 Å². The van der Waals surface area contributed by atoms with E-state index in [9.17, 15) is 14.7 Å². The van der Waals surface area contributed by atoms with Gasteiger partial charge in [-0.1, -0.05) is 13.3 Å². The van der Waals surface area contributed by atoms with Gasteiger partial charge in [0.25, 0.3) is 0 Å². The maximum Gasteiger partial charge on any atom is 0.311 e. The van der Waals surface area contributed by atoms with Gasteiger partial charge in [0.15, 0.2) is 0 Å². The van der Waals surface area contributed by atoms with Crippen LogP contribution in [0.15, 0.2) is 0 Å². The summed E-state index contributed by atoms with van der Waals surface area (Å²) in [6.07, 6.45) is 5.11. The van der Waals surface area contributed by atoms with E-state index >= 15 is 0 Å². The highest BCUT2D eigenvalue weighted by Crippen LogP contribution is 2.35. The molecule has 2 heterocycles.